The molecule has 2 aromatic heterocycles. The summed E-state index contributed by atoms with van der Waals surface area (Å²) in [5, 5.41) is 0. The first-order chi connectivity index (χ1) is 19.2. The van der Waals surface area contributed by atoms with Crippen LogP contribution in [0.5, 0.6) is 0 Å². The normalized spacial score (nSPS) is 20.3. The van der Waals surface area contributed by atoms with Gasteiger partial charge in [0.25, 0.3) is 5.91 Å². The fraction of sp³-hybridized carbons (Fsp3) is 0.581. The molecule has 3 aliphatic rings. The van der Waals surface area contributed by atoms with E-state index in [9.17, 15) is 4.79 Å². The maximum absolute atomic E-state index is 13.4. The van der Waals surface area contributed by atoms with Gasteiger partial charge in [0, 0.05) is 56.0 Å². The van der Waals surface area contributed by atoms with E-state index in [1.54, 1.807) is 12.4 Å². The third-order valence-corrected chi connectivity index (χ3v) is 9.45. The van der Waals surface area contributed by atoms with Gasteiger partial charge in [-0.15, -0.1) is 0 Å². The van der Waals surface area contributed by atoms with Gasteiger partial charge in [0.15, 0.2) is 0 Å². The predicted molar refractivity (Wildman–Crippen MR) is 152 cm³/mol. The Hall–Kier alpha value is -2.97. The highest BCUT2D eigenvalue weighted by molar-refractivity contribution is 5.94. The van der Waals surface area contributed by atoms with E-state index >= 15 is 0 Å². The molecule has 3 aromatic rings. The van der Waals surface area contributed by atoms with Crippen LogP contribution in [0.4, 0.5) is 0 Å². The number of aromatic amines is 2. The van der Waals surface area contributed by atoms with E-state index in [2.05, 4.69) is 46.8 Å². The molecule has 1 spiro atoms. The first-order valence-corrected chi connectivity index (χ1v) is 15.0. The van der Waals surface area contributed by atoms with E-state index in [1.165, 1.54) is 63.6 Å². The summed E-state index contributed by atoms with van der Waals surface area (Å²) in [6.07, 6.45) is 18.9. The number of benzene rings is 1. The number of aromatic nitrogens is 4. The van der Waals surface area contributed by atoms with Crippen molar-refractivity contribution in [3.8, 4) is 0 Å². The summed E-state index contributed by atoms with van der Waals surface area (Å²) < 4.78 is 0. The van der Waals surface area contributed by atoms with Crippen LogP contribution >= 0.6 is 0 Å². The molecule has 0 bridgehead atoms. The number of piperidine rings is 1. The summed E-state index contributed by atoms with van der Waals surface area (Å²) in [5.41, 5.74) is 2.40. The molecule has 8 nitrogen and oxygen atoms in total. The molecular weight excluding hydrogens is 486 g/mol. The molecule has 2 N–H and O–H groups in total. The minimum atomic E-state index is 0.199. The number of hydrogen-bond acceptors (Lipinski definition) is 5. The highest BCUT2D eigenvalue weighted by Crippen LogP contribution is 2.42. The fourth-order valence-electron chi connectivity index (χ4n) is 7.02. The van der Waals surface area contributed by atoms with Gasteiger partial charge in [-0.2, -0.15) is 0 Å². The molecular formula is C31H43N7O. The Morgan fingerprint density at radius 2 is 1.54 bits per heavy atom. The average Bonchev–Trinajstić information content (AvgIpc) is 3.77. The minimum Gasteiger partial charge on any atom is -0.348 e. The predicted octanol–water partition coefficient (Wildman–Crippen LogP) is 4.64. The average molecular weight is 530 g/mol. The van der Waals surface area contributed by atoms with Gasteiger partial charge in [0.05, 0.1) is 13.1 Å². The Balaban J connectivity index is 1.01. The Morgan fingerprint density at radius 3 is 2.15 bits per heavy atom. The van der Waals surface area contributed by atoms with Crippen LogP contribution < -0.4 is 0 Å². The van der Waals surface area contributed by atoms with Crippen molar-refractivity contribution in [2.45, 2.75) is 76.9 Å². The summed E-state index contributed by atoms with van der Waals surface area (Å²) in [6.45, 7) is 6.62. The lowest BCUT2D eigenvalue weighted by atomic mass is 9.77. The molecule has 0 unspecified atom stereocenters. The second-order valence-electron chi connectivity index (χ2n) is 12.0. The molecule has 1 aliphatic carbocycles. The maximum atomic E-state index is 13.4. The number of rotatable bonds is 9. The standard InChI is InChI=1S/C31H43N7O/c39-30(38-21-13-31(24-38)11-19-37(20-12-31)27-4-2-1-3-5-27)26-8-6-25(7-9-26)10-18-36(22-28-32-14-15-33-28)23-29-34-16-17-35-29/h6-9,14-17,27H,1-5,10-13,18-24H2,(H,32,33)(H,34,35). The molecule has 0 atom stereocenters. The van der Waals surface area contributed by atoms with Gasteiger partial charge < -0.3 is 19.8 Å². The third-order valence-electron chi connectivity index (χ3n) is 9.45. The maximum Gasteiger partial charge on any atom is 0.253 e. The van der Waals surface area contributed by atoms with E-state index in [-0.39, 0.29) is 5.91 Å². The summed E-state index contributed by atoms with van der Waals surface area (Å²) in [4.78, 5) is 35.8. The SMILES string of the molecule is O=C(c1ccc(CCN(Cc2ncc[nH]2)Cc2ncc[nH]2)cc1)N1CCC2(CCN(C3CCCCC3)CC2)C1. The number of amides is 1. The van der Waals surface area contributed by atoms with Gasteiger partial charge in [0.2, 0.25) is 0 Å². The summed E-state index contributed by atoms with van der Waals surface area (Å²) in [7, 11) is 0. The second kappa shape index (κ2) is 12.0. The van der Waals surface area contributed by atoms with Crippen LogP contribution in [-0.4, -0.2) is 79.3 Å². The molecule has 2 aliphatic heterocycles. The molecule has 3 fully saturated rings. The molecule has 8 heteroatoms. The molecule has 0 radical (unpaired) electrons. The molecule has 1 saturated carbocycles. The van der Waals surface area contributed by atoms with Crippen molar-refractivity contribution >= 4 is 5.91 Å². The van der Waals surface area contributed by atoms with Crippen LogP contribution in [0.15, 0.2) is 49.1 Å². The zero-order valence-electron chi connectivity index (χ0n) is 23.2. The van der Waals surface area contributed by atoms with Crippen LogP contribution in [-0.2, 0) is 19.5 Å². The fourth-order valence-corrected chi connectivity index (χ4v) is 7.02. The van der Waals surface area contributed by atoms with E-state index in [4.69, 9.17) is 0 Å². The van der Waals surface area contributed by atoms with Crippen LogP contribution in [0.25, 0.3) is 0 Å². The number of H-pyrrole nitrogens is 2. The number of likely N-dealkylation sites (tertiary alicyclic amines) is 2. The van der Waals surface area contributed by atoms with E-state index < -0.39 is 0 Å². The van der Waals surface area contributed by atoms with Gasteiger partial charge in [-0.25, -0.2) is 9.97 Å². The van der Waals surface area contributed by atoms with Crippen LogP contribution in [0.1, 0.15) is 78.9 Å². The highest BCUT2D eigenvalue weighted by atomic mass is 16.2. The van der Waals surface area contributed by atoms with Crippen molar-refractivity contribution in [2.75, 3.05) is 32.7 Å². The quantitative estimate of drug-likeness (QED) is 0.422. The monoisotopic (exact) mass is 529 g/mol. The Labute approximate surface area is 232 Å². The highest BCUT2D eigenvalue weighted by Gasteiger charge is 2.43. The molecule has 39 heavy (non-hydrogen) atoms. The molecule has 1 amide bonds. The number of carbonyl (C=O) groups is 1. The van der Waals surface area contributed by atoms with Gasteiger partial charge in [-0.05, 0) is 74.7 Å². The molecule has 208 valence electrons. The number of nitrogens with zero attached hydrogens (tertiary/aromatic N) is 5. The van der Waals surface area contributed by atoms with Crippen LogP contribution in [0.3, 0.4) is 0 Å². The number of carbonyl (C=O) groups excluding carboxylic acids is 1. The Kier molecular flexibility index (Phi) is 8.11. The van der Waals surface area contributed by atoms with Crippen molar-refractivity contribution in [3.05, 3.63) is 71.8 Å². The molecule has 2 saturated heterocycles. The van der Waals surface area contributed by atoms with Crippen molar-refractivity contribution in [3.63, 3.8) is 0 Å². The van der Waals surface area contributed by atoms with Gasteiger partial charge in [-0.3, -0.25) is 9.69 Å². The van der Waals surface area contributed by atoms with Crippen molar-refractivity contribution in [1.29, 1.82) is 0 Å². The van der Waals surface area contributed by atoms with Crippen molar-refractivity contribution < 1.29 is 4.79 Å². The van der Waals surface area contributed by atoms with Gasteiger partial charge >= 0.3 is 0 Å². The Bertz CT molecular complexity index is 1120. The van der Waals surface area contributed by atoms with Crippen LogP contribution in [0, 0.1) is 5.41 Å². The van der Waals surface area contributed by atoms with Gasteiger partial charge in [0.1, 0.15) is 11.6 Å². The molecule has 1 aromatic carbocycles. The number of imidazole rings is 2. The van der Waals surface area contributed by atoms with Crippen molar-refractivity contribution in [1.82, 2.24) is 34.6 Å². The van der Waals surface area contributed by atoms with E-state index in [0.717, 1.165) is 68.8 Å². The van der Waals surface area contributed by atoms with Crippen molar-refractivity contribution in [2.24, 2.45) is 5.41 Å². The zero-order chi connectivity index (χ0) is 26.5. The van der Waals surface area contributed by atoms with Crippen LogP contribution in [0.2, 0.25) is 0 Å². The number of nitrogens with one attached hydrogen (secondary N) is 2. The lowest BCUT2D eigenvalue weighted by Gasteiger charge is -2.43. The number of hydrogen-bond donors (Lipinski definition) is 2. The lowest BCUT2D eigenvalue weighted by molar-refractivity contribution is 0.0565. The largest absolute Gasteiger partial charge is 0.348 e. The Morgan fingerprint density at radius 1 is 0.897 bits per heavy atom. The first-order valence-electron chi connectivity index (χ1n) is 15.0. The minimum absolute atomic E-state index is 0.199. The molecule has 6 rings (SSSR count). The lowest BCUT2D eigenvalue weighted by Crippen LogP contribution is -2.47. The second-order valence-corrected chi connectivity index (χ2v) is 12.0. The topological polar surface area (TPSA) is 84.1 Å². The van der Waals surface area contributed by atoms with E-state index in [0.29, 0.717) is 5.41 Å². The van der Waals surface area contributed by atoms with E-state index in [1.807, 2.05) is 24.5 Å². The molecule has 4 heterocycles. The van der Waals surface area contributed by atoms with Gasteiger partial charge in [-0.1, -0.05) is 31.4 Å². The summed E-state index contributed by atoms with van der Waals surface area (Å²) in [5.74, 6) is 2.10. The summed E-state index contributed by atoms with van der Waals surface area (Å²) in [6, 6.07) is 9.12. The summed E-state index contributed by atoms with van der Waals surface area (Å²) >= 11 is 0. The zero-order valence-corrected chi connectivity index (χ0v) is 23.2. The smallest absolute Gasteiger partial charge is 0.253 e. The third kappa shape index (κ3) is 6.44. The first kappa shape index (κ1) is 26.3.